The Labute approximate surface area is 229 Å². The van der Waals surface area contributed by atoms with Gasteiger partial charge >= 0.3 is 218 Å². The summed E-state index contributed by atoms with van der Waals surface area (Å²) >= 11 is 6.52. The van der Waals surface area contributed by atoms with E-state index in [9.17, 15) is 46.2 Å². The molecule has 3 atom stereocenters. The fourth-order valence-corrected chi connectivity index (χ4v) is 4.13. The molecule has 0 aliphatic carbocycles. The predicted molar refractivity (Wildman–Crippen MR) is 129 cm³/mol. The molecule has 39 heavy (non-hydrogen) atoms. The van der Waals surface area contributed by atoms with Gasteiger partial charge < -0.3 is 0 Å². The van der Waals surface area contributed by atoms with Crippen LogP contribution in [-0.4, -0.2) is 64.2 Å². The van der Waals surface area contributed by atoms with Crippen LogP contribution in [0.25, 0.3) is 11.4 Å². The minimum absolute atomic E-state index is 0.0802. The number of rotatable bonds is 8. The molecule has 0 saturated heterocycles. The van der Waals surface area contributed by atoms with Gasteiger partial charge in [0.15, 0.2) is 0 Å². The van der Waals surface area contributed by atoms with Crippen molar-refractivity contribution in [3.05, 3.63) is 75.2 Å². The van der Waals surface area contributed by atoms with E-state index in [4.69, 9.17) is 11.6 Å². The van der Waals surface area contributed by atoms with Crippen molar-refractivity contribution in [2.45, 2.75) is 37.6 Å². The maximum atomic E-state index is 13.2. The number of halogens is 7. The fourth-order valence-electron chi connectivity index (χ4n) is 3.42. The van der Waals surface area contributed by atoms with Gasteiger partial charge in [0.05, 0.1) is 0 Å². The second-order valence-corrected chi connectivity index (χ2v) is 9.76. The number of carbonyl (C=O) groups excluding carboxylic acids is 1. The normalized spacial score (nSPS) is 14.2. The Morgan fingerprint density at radius 1 is 1.13 bits per heavy atom. The number of carbonyl (C=O) groups is 1. The quantitative estimate of drug-likeness (QED) is 0.115. The van der Waals surface area contributed by atoms with E-state index in [0.717, 1.165) is 18.2 Å². The van der Waals surface area contributed by atoms with E-state index < -0.39 is 54.7 Å². The number of benzene rings is 2. The molecule has 2 aromatic carbocycles. The molecule has 0 aliphatic heterocycles. The van der Waals surface area contributed by atoms with Crippen molar-refractivity contribution in [1.82, 2.24) is 19.7 Å². The summed E-state index contributed by atoms with van der Waals surface area (Å²) in [4.78, 5) is 25.7. The summed E-state index contributed by atoms with van der Waals surface area (Å²) in [6, 6.07) is 8.05. The first-order chi connectivity index (χ1) is 18.1. The van der Waals surface area contributed by atoms with Crippen molar-refractivity contribution >= 4 is 38.9 Å². The Hall–Kier alpha value is -3.29. The first-order valence-electron chi connectivity index (χ1n) is 10.7. The second-order valence-electron chi connectivity index (χ2n) is 8.09. The zero-order valence-electron chi connectivity index (χ0n) is 19.4. The molecule has 0 fully saturated rings. The fraction of sp³-hybridized carbons (Fsp3) is 0.273. The van der Waals surface area contributed by atoms with Crippen LogP contribution in [0.1, 0.15) is 17.2 Å². The third-order valence-electron chi connectivity index (χ3n) is 5.32. The number of nitrogens with one attached hydrogen (secondary N) is 1. The van der Waals surface area contributed by atoms with Gasteiger partial charge in [0, 0.05) is 0 Å². The Bertz CT molecular complexity index is 1420. The number of nitrogens with zero attached hydrogens (tertiary/aromatic N) is 4. The molecular weight excluding hydrogens is 623 g/mol. The number of aliphatic hydroxyl groups excluding tert-OH is 1. The van der Waals surface area contributed by atoms with E-state index in [1.54, 1.807) is 0 Å². The van der Waals surface area contributed by atoms with Crippen LogP contribution in [0.15, 0.2) is 58.5 Å². The van der Waals surface area contributed by atoms with Crippen LogP contribution in [0, 0.1) is 0 Å². The van der Waals surface area contributed by atoms with Gasteiger partial charge in [-0.15, -0.1) is 0 Å². The van der Waals surface area contributed by atoms with Crippen molar-refractivity contribution in [1.29, 1.82) is 0 Å². The Balaban J connectivity index is 1.96. The number of oxime groups is 1. The summed E-state index contributed by atoms with van der Waals surface area (Å²) in [6.45, 7) is -2.09. The molecular formula is C22H19AsClF6N5O4. The van der Waals surface area contributed by atoms with Crippen molar-refractivity contribution in [2.75, 3.05) is 0 Å². The van der Waals surface area contributed by atoms with Crippen LogP contribution in [0.5, 0.6) is 0 Å². The standard InChI is InChI=1S/C22H19AsClF6N5O4/c23-18(33-39)17(12-2-1-3-13(8-12)21(25,26)27)31-16(37)10-35-20(38)34(9-15(36)22(28,29)30)19(32-35)11-4-6-14(24)7-5-11/h1-8,15,17,36,39H,9-10,23H2,(H,31,37)/t15-,17?/m0/s1. The molecule has 0 spiro atoms. The van der Waals surface area contributed by atoms with E-state index in [2.05, 4.69) is 15.6 Å². The predicted octanol–water partition coefficient (Wildman–Crippen LogP) is 2.59. The minimum atomic E-state index is -5.06. The zero-order chi connectivity index (χ0) is 29.1. The second kappa shape index (κ2) is 11.8. The number of aromatic nitrogens is 3. The number of aliphatic hydroxyl groups is 1. The van der Waals surface area contributed by atoms with Crippen LogP contribution < -0.4 is 11.0 Å². The van der Waals surface area contributed by atoms with Crippen LogP contribution in [0.3, 0.4) is 0 Å². The van der Waals surface area contributed by atoms with Gasteiger partial charge in [-0.1, -0.05) is 11.6 Å². The topological polar surface area (TPSA) is 122 Å². The summed E-state index contributed by atoms with van der Waals surface area (Å²) in [6.07, 6.45) is -12.7. The van der Waals surface area contributed by atoms with Gasteiger partial charge in [-0.05, 0) is 0 Å². The molecule has 0 saturated carbocycles. The zero-order valence-corrected chi connectivity index (χ0v) is 22.6. The van der Waals surface area contributed by atoms with Gasteiger partial charge in [-0.2, -0.15) is 0 Å². The Morgan fingerprint density at radius 2 is 1.77 bits per heavy atom. The van der Waals surface area contributed by atoms with Crippen LogP contribution >= 0.6 is 11.6 Å². The monoisotopic (exact) mass is 641 g/mol. The van der Waals surface area contributed by atoms with Gasteiger partial charge in [-0.3, -0.25) is 0 Å². The number of hydrogen-bond acceptors (Lipinski definition) is 6. The first-order valence-corrected chi connectivity index (χ1v) is 12.3. The molecule has 0 bridgehead atoms. The molecule has 3 aromatic rings. The van der Waals surface area contributed by atoms with Gasteiger partial charge in [0.1, 0.15) is 0 Å². The number of alkyl halides is 6. The molecule has 1 heterocycles. The molecule has 0 radical (unpaired) electrons. The summed E-state index contributed by atoms with van der Waals surface area (Å²) in [5.74, 6) is -1.29. The van der Waals surface area contributed by atoms with Crippen LogP contribution in [0.2, 0.25) is 5.02 Å². The third-order valence-corrected chi connectivity index (χ3v) is 6.51. The van der Waals surface area contributed by atoms with Crippen molar-refractivity contribution < 1.29 is 41.5 Å². The molecule has 210 valence electrons. The van der Waals surface area contributed by atoms with E-state index in [1.807, 2.05) is 0 Å². The maximum absolute atomic E-state index is 13.2. The van der Waals surface area contributed by atoms with E-state index in [0.29, 0.717) is 26.1 Å². The molecule has 1 amide bonds. The molecule has 1 aromatic heterocycles. The first kappa shape index (κ1) is 30.3. The average molecular weight is 642 g/mol. The van der Waals surface area contributed by atoms with Crippen LogP contribution in [0.4, 0.5) is 26.3 Å². The van der Waals surface area contributed by atoms with Crippen molar-refractivity contribution in [3.8, 4) is 11.4 Å². The van der Waals surface area contributed by atoms with Crippen molar-refractivity contribution in [3.63, 3.8) is 0 Å². The average Bonchev–Trinajstić information content (AvgIpc) is 3.16. The summed E-state index contributed by atoms with van der Waals surface area (Å²) in [5, 5.41) is 28.3. The molecule has 2 unspecified atom stereocenters. The third kappa shape index (κ3) is 7.43. The summed E-state index contributed by atoms with van der Waals surface area (Å²) < 4.78 is 79.5. The van der Waals surface area contributed by atoms with Gasteiger partial charge in [-0.25, -0.2) is 0 Å². The summed E-state index contributed by atoms with van der Waals surface area (Å²) in [5.41, 5.74) is -2.13. The molecule has 3 N–H and O–H groups in total. The van der Waals surface area contributed by atoms with E-state index in [1.165, 1.54) is 30.3 Å². The summed E-state index contributed by atoms with van der Waals surface area (Å²) in [7, 11) is 0. The van der Waals surface area contributed by atoms with E-state index in [-0.39, 0.29) is 26.5 Å². The van der Waals surface area contributed by atoms with Gasteiger partial charge in [0.2, 0.25) is 0 Å². The van der Waals surface area contributed by atoms with Crippen LogP contribution in [-0.2, 0) is 24.1 Å². The SMILES string of the molecule is O=C(Cn1nc(-c2ccc(Cl)cc2)n(C[C@H](O)C(F)(F)F)c1=O)NC(C([AsH2])=NO)c1cccc(C(F)(F)F)c1. The number of hydrogen-bond donors (Lipinski definition) is 3. The molecule has 3 rings (SSSR count). The molecule has 9 nitrogen and oxygen atoms in total. The van der Waals surface area contributed by atoms with E-state index >= 15 is 0 Å². The van der Waals surface area contributed by atoms with Gasteiger partial charge in [0.25, 0.3) is 0 Å². The Morgan fingerprint density at radius 3 is 2.33 bits per heavy atom. The number of amides is 1. The van der Waals surface area contributed by atoms with Crippen molar-refractivity contribution in [2.24, 2.45) is 5.16 Å². The Kier molecular flexibility index (Phi) is 9.19. The molecule has 0 aliphatic rings. The molecule has 17 heteroatoms.